The van der Waals surface area contributed by atoms with Crippen LogP contribution < -0.4 is 5.32 Å². The van der Waals surface area contributed by atoms with Crippen molar-refractivity contribution < 1.29 is 13.2 Å². The number of para-hydroxylation sites is 1. The highest BCUT2D eigenvalue weighted by atomic mass is 32.2. The summed E-state index contributed by atoms with van der Waals surface area (Å²) < 4.78 is 28.7. The van der Waals surface area contributed by atoms with Crippen molar-refractivity contribution in [2.24, 2.45) is 0 Å². The number of nitrogens with one attached hydrogen (secondary N) is 1. The molecule has 8 nitrogen and oxygen atoms in total. The van der Waals surface area contributed by atoms with Crippen LogP contribution in [0, 0.1) is 0 Å². The molecule has 1 saturated heterocycles. The van der Waals surface area contributed by atoms with Crippen LogP contribution in [0.3, 0.4) is 0 Å². The van der Waals surface area contributed by atoms with Crippen molar-refractivity contribution in [2.75, 3.05) is 18.4 Å². The lowest BCUT2D eigenvalue weighted by Gasteiger charge is -2.26. The normalized spacial score (nSPS) is 15.6. The van der Waals surface area contributed by atoms with Crippen LogP contribution in [0.15, 0.2) is 53.4 Å². The van der Waals surface area contributed by atoms with Crippen LogP contribution in [0.4, 0.5) is 5.69 Å². The lowest BCUT2D eigenvalue weighted by Crippen LogP contribution is -2.35. The Kier molecular flexibility index (Phi) is 5.10. The predicted octanol–water partition coefficient (Wildman–Crippen LogP) is 2.24. The Morgan fingerprint density at radius 2 is 1.82 bits per heavy atom. The van der Waals surface area contributed by atoms with Crippen molar-refractivity contribution in [3.63, 3.8) is 0 Å². The van der Waals surface area contributed by atoms with Gasteiger partial charge in [-0.1, -0.05) is 29.8 Å². The molecule has 0 unspecified atom stereocenters. The molecule has 1 aromatic heterocycles. The molecule has 2 aromatic carbocycles. The number of hydrogen-bond donors (Lipinski definition) is 1. The first-order valence-electron chi connectivity index (χ1n) is 9.22. The summed E-state index contributed by atoms with van der Waals surface area (Å²) in [7, 11) is -3.54. The van der Waals surface area contributed by atoms with E-state index in [9.17, 15) is 13.2 Å². The van der Waals surface area contributed by atoms with Gasteiger partial charge in [-0.25, -0.2) is 13.1 Å². The molecule has 0 atom stereocenters. The first-order chi connectivity index (χ1) is 13.5. The maximum absolute atomic E-state index is 12.8. The largest absolute Gasteiger partial charge is 0.324 e. The molecule has 2 heterocycles. The number of benzene rings is 2. The van der Waals surface area contributed by atoms with Crippen molar-refractivity contribution in [1.82, 2.24) is 19.3 Å². The molecular formula is C19H21N5O3S. The van der Waals surface area contributed by atoms with Gasteiger partial charge in [-0.05, 0) is 43.2 Å². The van der Waals surface area contributed by atoms with E-state index in [1.807, 2.05) is 24.3 Å². The third-order valence-electron chi connectivity index (χ3n) is 4.78. The monoisotopic (exact) mass is 399 g/mol. The van der Waals surface area contributed by atoms with Crippen molar-refractivity contribution in [3.05, 3.63) is 48.5 Å². The lowest BCUT2D eigenvalue weighted by atomic mass is 10.2. The van der Waals surface area contributed by atoms with Crippen molar-refractivity contribution in [3.8, 4) is 0 Å². The highest BCUT2D eigenvalue weighted by molar-refractivity contribution is 7.89. The van der Waals surface area contributed by atoms with Gasteiger partial charge in [-0.3, -0.25) is 4.79 Å². The molecule has 0 aliphatic carbocycles. The number of carbonyl (C=O) groups excluding carboxylic acids is 1. The first kappa shape index (κ1) is 18.6. The second-order valence-corrected chi connectivity index (χ2v) is 8.71. The van der Waals surface area contributed by atoms with Gasteiger partial charge in [0.25, 0.3) is 0 Å². The third-order valence-corrected chi connectivity index (χ3v) is 6.68. The number of amides is 1. The predicted molar refractivity (Wildman–Crippen MR) is 105 cm³/mol. The molecule has 28 heavy (non-hydrogen) atoms. The van der Waals surface area contributed by atoms with E-state index in [2.05, 4.69) is 15.6 Å². The van der Waals surface area contributed by atoms with Crippen LogP contribution in [-0.2, 0) is 21.4 Å². The summed E-state index contributed by atoms with van der Waals surface area (Å²) in [5, 5.41) is 10.8. The number of rotatable bonds is 5. The Balaban J connectivity index is 1.49. The van der Waals surface area contributed by atoms with Crippen LogP contribution in [0.5, 0.6) is 0 Å². The number of sulfonamides is 1. The summed E-state index contributed by atoms with van der Waals surface area (Å²) in [5.41, 5.74) is 1.91. The summed E-state index contributed by atoms with van der Waals surface area (Å²) in [6.07, 6.45) is 2.81. The van der Waals surface area contributed by atoms with Gasteiger partial charge in [0.15, 0.2) is 0 Å². The topological polar surface area (TPSA) is 97.2 Å². The Hall–Kier alpha value is -2.78. The zero-order valence-corrected chi connectivity index (χ0v) is 16.1. The standard InChI is InChI=1S/C19H21N5O3S/c25-19(14-24-18-10-3-2-9-17(18)21-22-24)20-15-7-6-8-16(13-15)28(26,27)23-11-4-1-5-12-23/h2-3,6-10,13H,1,4-5,11-12,14H2,(H,20,25). The third kappa shape index (κ3) is 3.76. The van der Waals surface area contributed by atoms with Gasteiger partial charge in [-0.15, -0.1) is 5.10 Å². The van der Waals surface area contributed by atoms with Crippen LogP contribution in [-0.4, -0.2) is 46.7 Å². The molecule has 0 radical (unpaired) electrons. The SMILES string of the molecule is O=C(Cn1nnc2ccccc21)Nc1cccc(S(=O)(=O)N2CCCCC2)c1. The molecule has 4 rings (SSSR count). The second-order valence-electron chi connectivity index (χ2n) is 6.78. The van der Waals surface area contributed by atoms with E-state index >= 15 is 0 Å². The molecule has 1 fully saturated rings. The first-order valence-corrected chi connectivity index (χ1v) is 10.7. The summed E-state index contributed by atoms with van der Waals surface area (Å²) >= 11 is 0. The number of anilines is 1. The summed E-state index contributed by atoms with van der Waals surface area (Å²) in [6, 6.07) is 13.8. The molecule has 1 amide bonds. The number of piperidine rings is 1. The number of hydrogen-bond acceptors (Lipinski definition) is 5. The van der Waals surface area contributed by atoms with Gasteiger partial charge in [0.1, 0.15) is 12.1 Å². The number of fused-ring (bicyclic) bond motifs is 1. The molecule has 1 N–H and O–H groups in total. The van der Waals surface area contributed by atoms with E-state index < -0.39 is 10.0 Å². The molecule has 9 heteroatoms. The summed E-state index contributed by atoms with van der Waals surface area (Å²) in [6.45, 7) is 1.07. The van der Waals surface area contributed by atoms with Gasteiger partial charge in [0.2, 0.25) is 15.9 Å². The fraction of sp³-hybridized carbons (Fsp3) is 0.316. The minimum absolute atomic E-state index is 0.0103. The molecule has 1 aliphatic heterocycles. The van der Waals surface area contributed by atoms with E-state index in [0.717, 1.165) is 24.8 Å². The van der Waals surface area contributed by atoms with Gasteiger partial charge >= 0.3 is 0 Å². The van der Waals surface area contributed by atoms with Crippen LogP contribution >= 0.6 is 0 Å². The van der Waals surface area contributed by atoms with E-state index in [4.69, 9.17) is 0 Å². The van der Waals surface area contributed by atoms with Gasteiger partial charge in [-0.2, -0.15) is 4.31 Å². The Morgan fingerprint density at radius 1 is 1.04 bits per heavy atom. The fourth-order valence-electron chi connectivity index (χ4n) is 3.36. The molecule has 146 valence electrons. The maximum atomic E-state index is 12.8. The Labute approximate surface area is 163 Å². The van der Waals surface area contributed by atoms with Crippen molar-refractivity contribution in [1.29, 1.82) is 0 Å². The average Bonchev–Trinajstić information content (AvgIpc) is 3.12. The summed E-state index contributed by atoms with van der Waals surface area (Å²) in [4.78, 5) is 12.6. The van der Waals surface area contributed by atoms with Gasteiger partial charge in [0.05, 0.1) is 10.4 Å². The Morgan fingerprint density at radius 3 is 2.64 bits per heavy atom. The van der Waals surface area contributed by atoms with Crippen LogP contribution in [0.25, 0.3) is 11.0 Å². The smallest absolute Gasteiger partial charge is 0.246 e. The van der Waals surface area contributed by atoms with E-state index in [1.165, 1.54) is 15.1 Å². The molecular weight excluding hydrogens is 378 g/mol. The van der Waals surface area contributed by atoms with Gasteiger partial charge in [0, 0.05) is 18.8 Å². The van der Waals surface area contributed by atoms with Crippen molar-refractivity contribution in [2.45, 2.75) is 30.7 Å². The van der Waals surface area contributed by atoms with E-state index in [-0.39, 0.29) is 17.3 Å². The number of nitrogens with zero attached hydrogens (tertiary/aromatic N) is 4. The maximum Gasteiger partial charge on any atom is 0.246 e. The highest BCUT2D eigenvalue weighted by Crippen LogP contribution is 2.23. The van der Waals surface area contributed by atoms with Gasteiger partial charge < -0.3 is 5.32 Å². The molecule has 0 bridgehead atoms. The second kappa shape index (κ2) is 7.69. The minimum Gasteiger partial charge on any atom is -0.324 e. The molecule has 0 saturated carbocycles. The van der Waals surface area contributed by atoms with Crippen LogP contribution in [0.1, 0.15) is 19.3 Å². The Bertz CT molecular complexity index is 1100. The highest BCUT2D eigenvalue weighted by Gasteiger charge is 2.26. The lowest BCUT2D eigenvalue weighted by molar-refractivity contribution is -0.116. The molecule has 3 aromatic rings. The van der Waals surface area contributed by atoms with Crippen LogP contribution in [0.2, 0.25) is 0 Å². The zero-order valence-electron chi connectivity index (χ0n) is 15.3. The minimum atomic E-state index is -3.54. The van der Waals surface area contributed by atoms with E-state index in [1.54, 1.807) is 18.2 Å². The number of carbonyl (C=O) groups is 1. The average molecular weight is 399 g/mol. The zero-order chi connectivity index (χ0) is 19.6. The summed E-state index contributed by atoms with van der Waals surface area (Å²) in [5.74, 6) is -0.303. The quantitative estimate of drug-likeness (QED) is 0.710. The fourth-order valence-corrected chi connectivity index (χ4v) is 4.92. The number of aromatic nitrogens is 3. The van der Waals surface area contributed by atoms with E-state index in [0.29, 0.717) is 24.3 Å². The molecule has 0 spiro atoms. The van der Waals surface area contributed by atoms with Crippen molar-refractivity contribution >= 4 is 32.7 Å². The molecule has 1 aliphatic rings.